The van der Waals surface area contributed by atoms with Gasteiger partial charge in [-0.15, -0.1) is 0 Å². The first-order valence-electron chi connectivity index (χ1n) is 6.70. The lowest BCUT2D eigenvalue weighted by atomic mass is 9.91. The Kier molecular flexibility index (Phi) is 5.62. The van der Waals surface area contributed by atoms with Gasteiger partial charge in [-0.05, 0) is 31.7 Å². The van der Waals surface area contributed by atoms with Crippen LogP contribution >= 0.6 is 0 Å². The molecule has 90 valence electrons. The Morgan fingerprint density at radius 3 is 2.60 bits per heavy atom. The Labute approximate surface area is 95.2 Å². The maximum Gasteiger partial charge on any atom is 0.0246 e. The summed E-state index contributed by atoms with van der Waals surface area (Å²) in [4.78, 5) is 2.69. The van der Waals surface area contributed by atoms with Crippen molar-refractivity contribution >= 4 is 0 Å². The molecule has 3 atom stereocenters. The highest BCUT2D eigenvalue weighted by atomic mass is 15.2. The van der Waals surface area contributed by atoms with Crippen molar-refractivity contribution in [1.29, 1.82) is 0 Å². The van der Waals surface area contributed by atoms with E-state index in [0.717, 1.165) is 18.5 Å². The molecule has 0 aromatic rings. The van der Waals surface area contributed by atoms with E-state index in [9.17, 15) is 0 Å². The zero-order valence-corrected chi connectivity index (χ0v) is 10.7. The number of rotatable bonds is 5. The van der Waals surface area contributed by atoms with Crippen molar-refractivity contribution in [2.75, 3.05) is 13.1 Å². The molecular formula is C13H28N2. The highest BCUT2D eigenvalue weighted by Crippen LogP contribution is 2.25. The summed E-state index contributed by atoms with van der Waals surface area (Å²) >= 11 is 0. The summed E-state index contributed by atoms with van der Waals surface area (Å²) in [5.74, 6) is 0.738. The molecule has 2 heteroatoms. The van der Waals surface area contributed by atoms with Crippen LogP contribution in [0.15, 0.2) is 0 Å². The second-order valence-electron chi connectivity index (χ2n) is 4.98. The second kappa shape index (κ2) is 6.49. The fraction of sp³-hybridized carbons (Fsp3) is 1.00. The van der Waals surface area contributed by atoms with E-state index in [1.54, 1.807) is 0 Å². The van der Waals surface area contributed by atoms with Crippen LogP contribution in [0.25, 0.3) is 0 Å². The molecule has 0 bridgehead atoms. The van der Waals surface area contributed by atoms with Gasteiger partial charge in [0.1, 0.15) is 0 Å². The van der Waals surface area contributed by atoms with Gasteiger partial charge in [0.05, 0.1) is 0 Å². The average molecular weight is 212 g/mol. The molecule has 0 aromatic carbocycles. The van der Waals surface area contributed by atoms with Crippen LogP contribution in [-0.4, -0.2) is 30.1 Å². The fourth-order valence-corrected chi connectivity index (χ4v) is 2.86. The SMILES string of the molecule is CCC(C)C(CN)N1CCCCC1CC. The van der Waals surface area contributed by atoms with Gasteiger partial charge in [0.2, 0.25) is 0 Å². The normalized spacial score (nSPS) is 27.6. The summed E-state index contributed by atoms with van der Waals surface area (Å²) in [6.45, 7) is 9.03. The Morgan fingerprint density at radius 1 is 1.33 bits per heavy atom. The Hall–Kier alpha value is -0.0800. The molecular weight excluding hydrogens is 184 g/mol. The molecule has 0 aromatic heterocycles. The second-order valence-corrected chi connectivity index (χ2v) is 4.98. The van der Waals surface area contributed by atoms with Crippen LogP contribution in [0.4, 0.5) is 0 Å². The van der Waals surface area contributed by atoms with E-state index in [1.165, 1.54) is 38.6 Å². The summed E-state index contributed by atoms with van der Waals surface area (Å²) in [7, 11) is 0. The number of hydrogen-bond donors (Lipinski definition) is 1. The minimum absolute atomic E-state index is 0.611. The lowest BCUT2D eigenvalue weighted by Crippen LogP contribution is -2.51. The molecule has 1 saturated heterocycles. The smallest absolute Gasteiger partial charge is 0.0246 e. The summed E-state index contributed by atoms with van der Waals surface area (Å²) < 4.78 is 0. The van der Waals surface area contributed by atoms with E-state index >= 15 is 0 Å². The third kappa shape index (κ3) is 3.18. The first-order chi connectivity index (χ1) is 7.24. The number of piperidine rings is 1. The zero-order valence-electron chi connectivity index (χ0n) is 10.7. The molecule has 1 rings (SSSR count). The number of likely N-dealkylation sites (tertiary alicyclic amines) is 1. The standard InChI is InChI=1S/C13H28N2/c1-4-11(3)13(10-14)15-9-7-6-8-12(15)5-2/h11-13H,4-10,14H2,1-3H3. The monoisotopic (exact) mass is 212 g/mol. The van der Waals surface area contributed by atoms with Crippen LogP contribution in [0.3, 0.4) is 0 Å². The minimum atomic E-state index is 0.611. The topological polar surface area (TPSA) is 29.3 Å². The lowest BCUT2D eigenvalue weighted by molar-refractivity contribution is 0.0659. The van der Waals surface area contributed by atoms with Gasteiger partial charge in [-0.25, -0.2) is 0 Å². The summed E-state index contributed by atoms with van der Waals surface area (Å²) in [6, 6.07) is 1.40. The first-order valence-corrected chi connectivity index (χ1v) is 6.70. The van der Waals surface area contributed by atoms with E-state index in [4.69, 9.17) is 5.73 Å². The van der Waals surface area contributed by atoms with Crippen molar-refractivity contribution in [2.45, 2.75) is 65.0 Å². The third-order valence-electron chi connectivity index (χ3n) is 4.11. The Balaban J connectivity index is 2.63. The molecule has 1 fully saturated rings. The van der Waals surface area contributed by atoms with Crippen molar-refractivity contribution < 1.29 is 0 Å². The van der Waals surface area contributed by atoms with Crippen LogP contribution in [0.5, 0.6) is 0 Å². The molecule has 3 unspecified atom stereocenters. The number of nitrogens with zero attached hydrogens (tertiary/aromatic N) is 1. The van der Waals surface area contributed by atoms with Gasteiger partial charge in [-0.2, -0.15) is 0 Å². The van der Waals surface area contributed by atoms with E-state index in [0.29, 0.717) is 6.04 Å². The zero-order chi connectivity index (χ0) is 11.3. The van der Waals surface area contributed by atoms with Crippen molar-refractivity contribution in [3.8, 4) is 0 Å². The van der Waals surface area contributed by atoms with Crippen molar-refractivity contribution in [3.63, 3.8) is 0 Å². The average Bonchev–Trinajstić information content (AvgIpc) is 2.30. The van der Waals surface area contributed by atoms with Gasteiger partial charge in [0, 0.05) is 18.6 Å². The maximum atomic E-state index is 5.96. The molecule has 1 heterocycles. The quantitative estimate of drug-likeness (QED) is 0.759. The highest BCUT2D eigenvalue weighted by molar-refractivity contribution is 4.85. The Morgan fingerprint density at radius 2 is 2.07 bits per heavy atom. The predicted molar refractivity (Wildman–Crippen MR) is 66.9 cm³/mol. The van der Waals surface area contributed by atoms with E-state index in [1.807, 2.05) is 0 Å². The van der Waals surface area contributed by atoms with Crippen LogP contribution in [0.1, 0.15) is 52.9 Å². The molecule has 0 saturated carbocycles. The van der Waals surface area contributed by atoms with E-state index < -0.39 is 0 Å². The maximum absolute atomic E-state index is 5.96. The summed E-state index contributed by atoms with van der Waals surface area (Å²) in [6.07, 6.45) is 6.68. The molecule has 0 radical (unpaired) electrons. The van der Waals surface area contributed by atoms with Gasteiger partial charge >= 0.3 is 0 Å². The predicted octanol–water partition coefficient (Wildman–Crippen LogP) is 2.62. The van der Waals surface area contributed by atoms with E-state index in [2.05, 4.69) is 25.7 Å². The molecule has 0 aliphatic carbocycles. The first kappa shape index (κ1) is 13.0. The lowest BCUT2D eigenvalue weighted by Gasteiger charge is -2.43. The van der Waals surface area contributed by atoms with Crippen LogP contribution in [0, 0.1) is 5.92 Å². The van der Waals surface area contributed by atoms with Crippen LogP contribution in [0.2, 0.25) is 0 Å². The van der Waals surface area contributed by atoms with Crippen molar-refractivity contribution in [1.82, 2.24) is 4.90 Å². The Bertz CT molecular complexity index is 170. The van der Waals surface area contributed by atoms with Crippen molar-refractivity contribution in [3.05, 3.63) is 0 Å². The molecule has 15 heavy (non-hydrogen) atoms. The van der Waals surface area contributed by atoms with Crippen molar-refractivity contribution in [2.24, 2.45) is 11.7 Å². The van der Waals surface area contributed by atoms with E-state index in [-0.39, 0.29) is 0 Å². The van der Waals surface area contributed by atoms with Gasteiger partial charge < -0.3 is 5.73 Å². The summed E-state index contributed by atoms with van der Waals surface area (Å²) in [5, 5.41) is 0. The van der Waals surface area contributed by atoms with Gasteiger partial charge in [-0.3, -0.25) is 4.90 Å². The third-order valence-corrected chi connectivity index (χ3v) is 4.11. The molecule has 2 N–H and O–H groups in total. The highest BCUT2D eigenvalue weighted by Gasteiger charge is 2.29. The van der Waals surface area contributed by atoms with Gasteiger partial charge in [-0.1, -0.05) is 33.6 Å². The van der Waals surface area contributed by atoms with Crippen LogP contribution < -0.4 is 5.73 Å². The number of nitrogens with two attached hydrogens (primary N) is 1. The molecule has 1 aliphatic heterocycles. The summed E-state index contributed by atoms with van der Waals surface area (Å²) in [5.41, 5.74) is 5.96. The van der Waals surface area contributed by atoms with Gasteiger partial charge in [0.15, 0.2) is 0 Å². The molecule has 0 spiro atoms. The van der Waals surface area contributed by atoms with Crippen LogP contribution in [-0.2, 0) is 0 Å². The fourth-order valence-electron chi connectivity index (χ4n) is 2.86. The molecule has 1 aliphatic rings. The number of hydrogen-bond acceptors (Lipinski definition) is 2. The van der Waals surface area contributed by atoms with Gasteiger partial charge in [0.25, 0.3) is 0 Å². The minimum Gasteiger partial charge on any atom is -0.329 e. The largest absolute Gasteiger partial charge is 0.329 e. The molecule has 2 nitrogen and oxygen atoms in total. The molecule has 0 amide bonds.